The maximum absolute atomic E-state index is 14.7. The maximum Gasteiger partial charge on any atom is 0.276 e. The summed E-state index contributed by atoms with van der Waals surface area (Å²) in [5, 5.41) is 20.3. The molecule has 3 aliphatic rings. The Morgan fingerprint density at radius 2 is 1.27 bits per heavy atom. The number of likely N-dealkylation sites (N-methyl/N-ethyl adjacent to an activating group) is 3. The third kappa shape index (κ3) is 9.70. The molecule has 0 aromatic heterocycles. The zero-order valence-electron chi connectivity index (χ0n) is 34.1. The number of hydrogen-bond acceptors (Lipinski definition) is 11. The fourth-order valence-electron chi connectivity index (χ4n) is 7.06. The van der Waals surface area contributed by atoms with E-state index in [0.29, 0.717) is 22.6 Å². The molecule has 3 heterocycles. The van der Waals surface area contributed by atoms with Gasteiger partial charge in [-0.2, -0.15) is 0 Å². The van der Waals surface area contributed by atoms with Crippen LogP contribution in [0.3, 0.4) is 0 Å². The Bertz CT molecular complexity index is 2110. The minimum atomic E-state index is -1.48. The van der Waals surface area contributed by atoms with Gasteiger partial charge in [0.1, 0.15) is 47.8 Å². The summed E-state index contributed by atoms with van der Waals surface area (Å²) in [5.74, 6) is -3.21. The molecular formula is C41H49N7O11. The third-order valence-corrected chi connectivity index (χ3v) is 10.7. The van der Waals surface area contributed by atoms with Crippen molar-refractivity contribution in [3.63, 3.8) is 0 Å². The largest absolute Gasteiger partial charge is 0.497 e. The highest BCUT2D eigenvalue weighted by Crippen LogP contribution is 2.38. The number of rotatable bonds is 5. The van der Waals surface area contributed by atoms with Crippen LogP contribution in [0.4, 0.5) is 5.69 Å². The van der Waals surface area contributed by atoms with Crippen molar-refractivity contribution in [1.29, 1.82) is 0 Å². The number of nitrogens with zero attached hydrogens (tertiary/aromatic N) is 4. The van der Waals surface area contributed by atoms with Gasteiger partial charge in [0.25, 0.3) is 5.69 Å². The molecule has 6 atom stereocenters. The summed E-state index contributed by atoms with van der Waals surface area (Å²) in [6.07, 6.45) is -0.449. The minimum Gasteiger partial charge on any atom is -0.497 e. The molecule has 0 saturated carbocycles. The first kappa shape index (κ1) is 43.4. The average Bonchev–Trinajstić information content (AvgIpc) is 3.22. The van der Waals surface area contributed by atoms with Crippen LogP contribution in [0.5, 0.6) is 23.0 Å². The van der Waals surface area contributed by atoms with E-state index in [2.05, 4.69) is 16.0 Å². The standard InChI is InChI=1S/C41H49N7O11/c1-22-36(49)43-23(2)39(52)45(4)31(17-25-9-13-28(57-7)14-10-25)37(50)44-24(3)40(53)47(6)33-18-26-11-15-29(16-12-26)59-35-20-27(30(48(55)56)21-34(35)58-8)19-32(38(51)42-22)46(5)41(33)54/h9-16,20-24,31-33H,17-19H2,1-8H3,(H,42,51)(H,43,49)(H,44,50)/t22-,23+,24+,31+,32+,33+/m1/s1. The van der Waals surface area contributed by atoms with Crippen LogP contribution in [0.25, 0.3) is 0 Å². The maximum atomic E-state index is 14.7. The lowest BCUT2D eigenvalue weighted by Crippen LogP contribution is -2.61. The number of methoxy groups -OCH3 is 2. The molecule has 3 aliphatic heterocycles. The van der Waals surface area contributed by atoms with Gasteiger partial charge in [0.2, 0.25) is 35.4 Å². The van der Waals surface area contributed by atoms with E-state index in [4.69, 9.17) is 14.2 Å². The lowest BCUT2D eigenvalue weighted by molar-refractivity contribution is -0.385. The van der Waals surface area contributed by atoms with E-state index in [1.807, 2.05) is 0 Å². The molecule has 18 nitrogen and oxygen atoms in total. The lowest BCUT2D eigenvalue weighted by Gasteiger charge is -2.36. The Kier molecular flexibility index (Phi) is 13.4. The van der Waals surface area contributed by atoms with Crippen LogP contribution in [0, 0.1) is 10.1 Å². The van der Waals surface area contributed by atoms with Gasteiger partial charge in [-0.25, -0.2) is 0 Å². The summed E-state index contributed by atoms with van der Waals surface area (Å²) in [5.41, 5.74) is 0.858. The van der Waals surface area contributed by atoms with Crippen LogP contribution < -0.4 is 30.2 Å². The van der Waals surface area contributed by atoms with Gasteiger partial charge in [-0.1, -0.05) is 24.3 Å². The molecule has 18 heteroatoms. The van der Waals surface area contributed by atoms with Gasteiger partial charge in [0, 0.05) is 46.0 Å². The zero-order chi connectivity index (χ0) is 43.3. The van der Waals surface area contributed by atoms with Crippen molar-refractivity contribution in [1.82, 2.24) is 30.7 Å². The molecule has 0 aliphatic carbocycles. The molecule has 314 valence electrons. The van der Waals surface area contributed by atoms with Gasteiger partial charge in [0.05, 0.1) is 25.2 Å². The second-order valence-electron chi connectivity index (χ2n) is 14.7. The summed E-state index contributed by atoms with van der Waals surface area (Å²) >= 11 is 0. The Morgan fingerprint density at radius 3 is 1.86 bits per heavy atom. The lowest BCUT2D eigenvalue weighted by atomic mass is 9.98. The molecule has 3 aromatic carbocycles. The smallest absolute Gasteiger partial charge is 0.276 e. The molecule has 6 rings (SSSR count). The summed E-state index contributed by atoms with van der Waals surface area (Å²) in [4.78, 5) is 99.9. The molecular weight excluding hydrogens is 766 g/mol. The predicted octanol–water partition coefficient (Wildman–Crippen LogP) is 1.75. The monoisotopic (exact) mass is 815 g/mol. The van der Waals surface area contributed by atoms with Crippen LogP contribution >= 0.6 is 0 Å². The number of ether oxygens (including phenoxy) is 3. The fourth-order valence-corrected chi connectivity index (χ4v) is 7.06. The van der Waals surface area contributed by atoms with Crippen molar-refractivity contribution < 1.29 is 47.9 Å². The molecule has 0 unspecified atom stereocenters. The Morgan fingerprint density at radius 1 is 0.695 bits per heavy atom. The number of amides is 6. The first-order valence-electron chi connectivity index (χ1n) is 18.9. The van der Waals surface area contributed by atoms with Crippen molar-refractivity contribution in [2.75, 3.05) is 35.4 Å². The van der Waals surface area contributed by atoms with E-state index in [-0.39, 0.29) is 29.9 Å². The molecule has 0 radical (unpaired) electrons. The van der Waals surface area contributed by atoms with E-state index in [0.717, 1.165) is 11.0 Å². The highest BCUT2D eigenvalue weighted by atomic mass is 16.6. The summed E-state index contributed by atoms with van der Waals surface area (Å²) in [6.45, 7) is 4.25. The highest BCUT2D eigenvalue weighted by molar-refractivity contribution is 5.98. The molecule has 1 fully saturated rings. The van der Waals surface area contributed by atoms with E-state index in [1.165, 1.54) is 72.0 Å². The highest BCUT2D eigenvalue weighted by Gasteiger charge is 2.40. The number of hydrogen-bond donors (Lipinski definition) is 3. The quantitative estimate of drug-likeness (QED) is 0.249. The van der Waals surface area contributed by atoms with Crippen molar-refractivity contribution in [3.8, 4) is 23.0 Å². The number of nitro benzene ring substituents is 1. The van der Waals surface area contributed by atoms with E-state index in [1.54, 1.807) is 48.5 Å². The Balaban J connectivity index is 1.62. The molecule has 1 saturated heterocycles. The molecule has 0 spiro atoms. The van der Waals surface area contributed by atoms with Crippen LogP contribution in [0.15, 0.2) is 60.7 Å². The van der Waals surface area contributed by atoms with Crippen molar-refractivity contribution in [2.45, 2.75) is 76.3 Å². The number of carbonyl (C=O) groups excluding carboxylic acids is 6. The molecule has 3 aromatic rings. The van der Waals surface area contributed by atoms with Gasteiger partial charge < -0.3 is 44.9 Å². The molecule has 6 bridgehead atoms. The number of benzene rings is 3. The summed E-state index contributed by atoms with van der Waals surface area (Å²) < 4.78 is 16.8. The van der Waals surface area contributed by atoms with Gasteiger partial charge >= 0.3 is 0 Å². The van der Waals surface area contributed by atoms with Crippen molar-refractivity contribution >= 4 is 41.1 Å². The Hall–Kier alpha value is -6.72. The summed E-state index contributed by atoms with van der Waals surface area (Å²) in [7, 11) is 6.97. The number of nitro groups is 1. The third-order valence-electron chi connectivity index (χ3n) is 10.7. The van der Waals surface area contributed by atoms with Crippen molar-refractivity contribution in [3.05, 3.63) is 87.5 Å². The van der Waals surface area contributed by atoms with Gasteiger partial charge in [-0.3, -0.25) is 38.9 Å². The normalized spacial score (nSPS) is 23.6. The van der Waals surface area contributed by atoms with Crippen LogP contribution in [-0.4, -0.2) is 127 Å². The fraction of sp³-hybridized carbons (Fsp3) is 0.415. The van der Waals surface area contributed by atoms with Crippen LogP contribution in [-0.2, 0) is 48.0 Å². The van der Waals surface area contributed by atoms with E-state index < -0.39 is 88.7 Å². The zero-order valence-corrected chi connectivity index (χ0v) is 34.1. The molecule has 6 amide bonds. The Labute approximate surface area is 341 Å². The van der Waals surface area contributed by atoms with E-state index >= 15 is 0 Å². The summed E-state index contributed by atoms with van der Waals surface area (Å²) in [6, 6.07) is 8.45. The second kappa shape index (κ2) is 18.3. The molecule has 59 heavy (non-hydrogen) atoms. The van der Waals surface area contributed by atoms with E-state index in [9.17, 15) is 38.9 Å². The molecule has 3 N–H and O–H groups in total. The topological polar surface area (TPSA) is 219 Å². The number of nitrogens with one attached hydrogen (secondary N) is 3. The first-order chi connectivity index (χ1) is 27.9. The van der Waals surface area contributed by atoms with Gasteiger partial charge in [-0.05, 0) is 62.2 Å². The van der Waals surface area contributed by atoms with Crippen LogP contribution in [0.1, 0.15) is 37.5 Å². The average molecular weight is 816 g/mol. The van der Waals surface area contributed by atoms with Crippen molar-refractivity contribution in [2.24, 2.45) is 0 Å². The first-order valence-corrected chi connectivity index (χ1v) is 18.9. The predicted molar refractivity (Wildman–Crippen MR) is 213 cm³/mol. The number of fused-ring (bicyclic) bond motifs is 2. The van der Waals surface area contributed by atoms with Crippen LogP contribution in [0.2, 0.25) is 0 Å². The SMILES string of the molecule is COc1ccc(C[C@H]2C(=O)N[C@@H](C)C(=O)N(C)[C@H]3Cc4ccc(cc4)Oc4cc(c([N+](=O)[O-])cc4OC)C[C@@H](C(=O)N[C@H](C)C(=O)N[C@@H](C)C(=O)N2C)N(C)C3=O)cc1. The van der Waals surface area contributed by atoms with Gasteiger partial charge in [0.15, 0.2) is 11.5 Å². The van der Waals surface area contributed by atoms with Gasteiger partial charge in [-0.15, -0.1) is 0 Å². The number of carbonyl (C=O) groups is 6. The second-order valence-corrected chi connectivity index (χ2v) is 14.7. The minimum absolute atomic E-state index is 0.00212.